The molecule has 0 saturated carbocycles. The quantitative estimate of drug-likeness (QED) is 0.104. The predicted octanol–water partition coefficient (Wildman–Crippen LogP) is 12.3. The van der Waals surface area contributed by atoms with E-state index in [1.807, 2.05) is 34.7 Å². The monoisotopic (exact) mass is 944 g/mol. The van der Waals surface area contributed by atoms with E-state index >= 15 is 0 Å². The molecule has 0 radical (unpaired) electrons. The van der Waals surface area contributed by atoms with E-state index in [9.17, 15) is 19.8 Å². The van der Waals surface area contributed by atoms with Gasteiger partial charge in [-0.3, -0.25) is 0 Å². The first-order valence-corrected chi connectivity index (χ1v) is 21.5. The number of allylic oxidation sites excluding steroid dienone is 2. The molecule has 0 unspecified atom stereocenters. The summed E-state index contributed by atoms with van der Waals surface area (Å²) in [5.41, 5.74) is 13.2. The predicted molar refractivity (Wildman–Crippen MR) is 261 cm³/mol. The van der Waals surface area contributed by atoms with Gasteiger partial charge in [0.25, 0.3) is 0 Å². The Morgan fingerprint density at radius 1 is 0.571 bits per heavy atom. The zero-order chi connectivity index (χ0) is 45.3. The van der Waals surface area contributed by atoms with Crippen LogP contribution in [0.15, 0.2) is 146 Å². The van der Waals surface area contributed by atoms with Crippen LogP contribution in [0.2, 0.25) is 0 Å². The number of hydrogen-bond donors (Lipinski definition) is 2. The molecule has 316 valence electrons. The Balaban J connectivity index is 0.000000176. The van der Waals surface area contributed by atoms with Gasteiger partial charge >= 0.3 is 11.9 Å². The van der Waals surface area contributed by atoms with Crippen molar-refractivity contribution in [2.24, 2.45) is 0 Å². The number of phenols is 2. The number of esters is 2. The summed E-state index contributed by atoms with van der Waals surface area (Å²) in [6, 6.07) is 43.2. The third-order valence-corrected chi connectivity index (χ3v) is 11.8. The summed E-state index contributed by atoms with van der Waals surface area (Å²) in [5, 5.41) is 19.4. The molecule has 6 nitrogen and oxygen atoms in total. The average Bonchev–Trinajstić information content (AvgIpc) is 3.28. The molecule has 0 atom stereocenters. The fourth-order valence-electron chi connectivity index (χ4n) is 7.64. The van der Waals surface area contributed by atoms with Crippen LogP contribution in [0.1, 0.15) is 111 Å². The molecule has 2 aliphatic carbocycles. The normalized spacial score (nSPS) is 13.7. The molecule has 0 fully saturated rings. The van der Waals surface area contributed by atoms with Crippen LogP contribution in [0, 0.1) is 27.8 Å². The molecule has 2 aliphatic rings. The van der Waals surface area contributed by atoms with Crippen molar-refractivity contribution in [2.45, 2.75) is 51.4 Å². The van der Waals surface area contributed by atoms with Crippen molar-refractivity contribution in [1.29, 1.82) is 0 Å². The highest BCUT2D eigenvalue weighted by Crippen LogP contribution is 2.43. The van der Waals surface area contributed by atoms with Crippen LogP contribution < -0.4 is 0 Å². The molecule has 2 N–H and O–H groups in total. The summed E-state index contributed by atoms with van der Waals surface area (Å²) in [5.74, 6) is 7.75. The maximum absolute atomic E-state index is 11.6. The maximum atomic E-state index is 11.6. The average molecular weight is 945 g/mol. The Bertz CT molecular complexity index is 2830. The Morgan fingerprint density at radius 2 is 0.984 bits per heavy atom. The van der Waals surface area contributed by atoms with Crippen molar-refractivity contribution >= 4 is 45.7 Å². The number of methoxy groups -OCH3 is 2. The van der Waals surface area contributed by atoms with Gasteiger partial charge in [0, 0.05) is 20.3 Å². The second-order valence-corrected chi connectivity index (χ2v) is 17.7. The first kappa shape index (κ1) is 45.7. The first-order chi connectivity index (χ1) is 30.1. The lowest BCUT2D eigenvalue weighted by Gasteiger charge is -2.32. The van der Waals surface area contributed by atoms with Crippen LogP contribution in [-0.2, 0) is 20.3 Å². The summed E-state index contributed by atoms with van der Waals surface area (Å²) >= 11 is 2.05. The zero-order valence-corrected chi connectivity index (χ0v) is 38.4. The number of fused-ring (bicyclic) bond motifs is 2. The number of halogens is 1. The molecule has 0 spiro atoms. The van der Waals surface area contributed by atoms with E-state index in [0.29, 0.717) is 5.56 Å². The zero-order valence-electron chi connectivity index (χ0n) is 36.3. The number of ether oxygens (including phenoxy) is 2. The van der Waals surface area contributed by atoms with Gasteiger partial charge in [-0.05, 0) is 151 Å². The topological polar surface area (TPSA) is 93.1 Å². The molecule has 7 heteroatoms. The number of carbonyl (C=O) groups excluding carboxylic acids is 2. The highest BCUT2D eigenvalue weighted by atomic mass is 127. The van der Waals surface area contributed by atoms with Crippen molar-refractivity contribution in [1.82, 2.24) is 0 Å². The van der Waals surface area contributed by atoms with E-state index in [4.69, 9.17) is 6.42 Å². The molecule has 0 aliphatic heterocycles. The van der Waals surface area contributed by atoms with Gasteiger partial charge in [-0.25, -0.2) is 9.59 Å². The van der Waals surface area contributed by atoms with Gasteiger partial charge < -0.3 is 19.7 Å². The number of rotatable bonds is 4. The van der Waals surface area contributed by atoms with E-state index in [1.165, 1.54) is 83.0 Å². The molecule has 6 aromatic rings. The van der Waals surface area contributed by atoms with Crippen molar-refractivity contribution in [2.75, 3.05) is 14.2 Å². The summed E-state index contributed by atoms with van der Waals surface area (Å²) in [6.45, 7) is 9.11. The van der Waals surface area contributed by atoms with Crippen LogP contribution in [0.4, 0.5) is 0 Å². The molecular weight excluding hydrogens is 896 g/mol. The van der Waals surface area contributed by atoms with Gasteiger partial charge in [-0.15, -0.1) is 6.42 Å². The Morgan fingerprint density at radius 3 is 1.43 bits per heavy atom. The van der Waals surface area contributed by atoms with Crippen LogP contribution in [0.3, 0.4) is 0 Å². The summed E-state index contributed by atoms with van der Waals surface area (Å²) in [4.78, 5) is 22.6. The van der Waals surface area contributed by atoms with Gasteiger partial charge in [0.05, 0.1) is 14.2 Å². The van der Waals surface area contributed by atoms with Crippen molar-refractivity contribution in [3.63, 3.8) is 0 Å². The number of carbonyl (C=O) groups is 2. The highest BCUT2D eigenvalue weighted by Gasteiger charge is 2.30. The lowest BCUT2D eigenvalue weighted by molar-refractivity contribution is 0.0588. The SMILES string of the molecule is C#Cc1ccc2c(c1)C(c1ccccc1)=CCC2(C)C.COC(=O)c1ccc(C#Cc2ccc3c(c2)C(c2ccccc2)=CCC3(C)C)cc1O.COC(=O)c1ccc(I)cc1O. The minimum Gasteiger partial charge on any atom is -0.507 e. The molecule has 0 saturated heterocycles. The highest BCUT2D eigenvalue weighted by molar-refractivity contribution is 14.1. The molecule has 63 heavy (non-hydrogen) atoms. The Hall–Kier alpha value is -6.81. The second kappa shape index (κ2) is 19.9. The Kier molecular flexibility index (Phi) is 14.5. The minimum absolute atomic E-state index is 0.0475. The molecule has 0 bridgehead atoms. The van der Waals surface area contributed by atoms with E-state index in [2.05, 4.69) is 152 Å². The third-order valence-electron chi connectivity index (χ3n) is 11.2. The van der Waals surface area contributed by atoms with Crippen LogP contribution >= 0.6 is 22.6 Å². The van der Waals surface area contributed by atoms with Gasteiger partial charge in [-0.2, -0.15) is 0 Å². The van der Waals surface area contributed by atoms with E-state index < -0.39 is 11.9 Å². The maximum Gasteiger partial charge on any atom is 0.341 e. The standard InChI is InChI=1S/C28H24O3.C20H18.C8H7IO3/c1-28(2)16-15-22(21-7-5-4-6-8-21)24-17-19(12-14-25(24)28)9-10-20-11-13-23(26(29)18-20)27(30)31-3;1-4-15-10-11-19-18(14-15)17(12-13-20(19,2)3)16-8-6-5-7-9-16;1-12-8(11)6-3-2-5(9)4-7(6)10/h4-8,11-15,17-18,29H,16H2,1-3H3;1,5-12,14H,13H2,2-3H3;2-4,10H,1H3. The number of phenolic OH excluding ortho intramolecular Hbond substituents is 2. The molecular formula is C56H49IO6. The van der Waals surface area contributed by atoms with Gasteiger partial charge in [0.1, 0.15) is 22.6 Å². The summed E-state index contributed by atoms with van der Waals surface area (Å²) in [7, 11) is 2.56. The van der Waals surface area contributed by atoms with Crippen molar-refractivity contribution in [3.8, 4) is 35.7 Å². The number of benzene rings is 6. The van der Waals surface area contributed by atoms with Crippen LogP contribution in [-0.4, -0.2) is 36.4 Å². The van der Waals surface area contributed by atoms with Crippen LogP contribution in [0.25, 0.3) is 11.1 Å². The molecule has 0 heterocycles. The largest absolute Gasteiger partial charge is 0.507 e. The molecule has 8 rings (SSSR count). The number of terminal acetylenes is 1. The summed E-state index contributed by atoms with van der Waals surface area (Å²) < 4.78 is 9.99. The fourth-order valence-corrected chi connectivity index (χ4v) is 8.12. The van der Waals surface area contributed by atoms with E-state index in [-0.39, 0.29) is 33.5 Å². The minimum atomic E-state index is -0.575. The van der Waals surface area contributed by atoms with Crippen molar-refractivity contribution in [3.05, 3.63) is 210 Å². The smallest absolute Gasteiger partial charge is 0.341 e. The molecule has 0 aromatic heterocycles. The number of aromatic hydroxyl groups is 2. The van der Waals surface area contributed by atoms with Crippen LogP contribution in [0.5, 0.6) is 11.5 Å². The van der Waals surface area contributed by atoms with Gasteiger partial charge in [0.15, 0.2) is 0 Å². The van der Waals surface area contributed by atoms with Crippen molar-refractivity contribution < 1.29 is 29.3 Å². The van der Waals surface area contributed by atoms with E-state index in [0.717, 1.165) is 27.5 Å². The van der Waals surface area contributed by atoms with Gasteiger partial charge in [0.2, 0.25) is 0 Å². The lowest BCUT2D eigenvalue weighted by atomic mass is 9.72. The van der Waals surface area contributed by atoms with Gasteiger partial charge in [-0.1, -0.05) is 130 Å². The lowest BCUT2D eigenvalue weighted by Crippen LogP contribution is -2.21. The summed E-state index contributed by atoms with van der Waals surface area (Å²) in [6.07, 6.45) is 12.3. The first-order valence-electron chi connectivity index (χ1n) is 20.4. The molecule has 6 aromatic carbocycles. The Labute approximate surface area is 384 Å². The third kappa shape index (κ3) is 10.8. The van der Waals surface area contributed by atoms with E-state index in [1.54, 1.807) is 12.1 Å². The fraction of sp³-hybridized carbons (Fsp3) is 0.179. The molecule has 0 amide bonds. The number of hydrogen-bond acceptors (Lipinski definition) is 6. The second-order valence-electron chi connectivity index (χ2n) is 16.4.